The summed E-state index contributed by atoms with van der Waals surface area (Å²) in [6, 6.07) is 0. The first-order valence-corrected chi connectivity index (χ1v) is 8.41. The number of nitrogens with zero attached hydrogens (tertiary/aromatic N) is 4. The molecule has 0 spiro atoms. The van der Waals surface area contributed by atoms with Crippen LogP contribution in [-0.4, -0.2) is 40.8 Å². The lowest BCUT2D eigenvalue weighted by Crippen LogP contribution is -2.21. The largest absolute Gasteiger partial charge is 0.448 e. The van der Waals surface area contributed by atoms with E-state index in [0.29, 0.717) is 24.6 Å². The van der Waals surface area contributed by atoms with Crippen LogP contribution in [0.5, 0.6) is 0 Å². The third-order valence-electron chi connectivity index (χ3n) is 3.86. The van der Waals surface area contributed by atoms with Crippen molar-refractivity contribution in [3.63, 3.8) is 0 Å². The minimum Gasteiger partial charge on any atom is -0.448 e. The van der Waals surface area contributed by atoms with Crippen LogP contribution in [0, 0.1) is 0 Å². The molecule has 1 amide bonds. The van der Waals surface area contributed by atoms with E-state index in [1.54, 1.807) is 25.4 Å². The number of rotatable bonds is 4. The van der Waals surface area contributed by atoms with Crippen LogP contribution in [0.2, 0.25) is 0 Å². The fourth-order valence-electron chi connectivity index (χ4n) is 2.82. The molecule has 0 saturated heterocycles. The minimum atomic E-state index is -0.552. The summed E-state index contributed by atoms with van der Waals surface area (Å²) in [4.78, 5) is 17.8. The molecule has 0 fully saturated rings. The Morgan fingerprint density at radius 2 is 2.30 bits per heavy atom. The van der Waals surface area contributed by atoms with Crippen molar-refractivity contribution in [3.8, 4) is 11.3 Å². The van der Waals surface area contributed by atoms with Crippen LogP contribution in [0.3, 0.4) is 0 Å². The summed E-state index contributed by atoms with van der Waals surface area (Å²) in [6.07, 6.45) is 3.21. The summed E-state index contributed by atoms with van der Waals surface area (Å²) in [7, 11) is 3.62. The molecule has 2 heterocycles. The molecule has 3 rings (SSSR count). The zero-order valence-electron chi connectivity index (χ0n) is 13.5. The monoisotopic (exact) mass is 336 g/mol. The van der Waals surface area contributed by atoms with Crippen molar-refractivity contribution in [3.05, 3.63) is 21.6 Å². The summed E-state index contributed by atoms with van der Waals surface area (Å²) in [6.45, 7) is 3.27. The van der Waals surface area contributed by atoms with E-state index in [1.165, 1.54) is 10.6 Å². The summed E-state index contributed by atoms with van der Waals surface area (Å²) >= 11 is 1.54. The third-order valence-corrected chi connectivity index (χ3v) is 5.00. The standard InChI is InChI=1S/C15H20N4O3S/c1-4-22-15(20)17-14-19(7-8-21-3)13-10-9-16-18(2)11(10)5-6-12(13)23-14/h9H,4-8H2,1-3H3/b17-14+. The number of hydrogen-bond donors (Lipinski definition) is 0. The zero-order chi connectivity index (χ0) is 16.4. The molecule has 0 aromatic carbocycles. The Morgan fingerprint density at radius 1 is 1.48 bits per heavy atom. The van der Waals surface area contributed by atoms with Crippen LogP contribution >= 0.6 is 11.3 Å². The van der Waals surface area contributed by atoms with Crippen molar-refractivity contribution < 1.29 is 14.3 Å². The Balaban J connectivity index is 2.13. The summed E-state index contributed by atoms with van der Waals surface area (Å²) in [5, 5.41) is 4.37. The molecular weight excluding hydrogens is 316 g/mol. The second-order valence-electron chi connectivity index (χ2n) is 5.24. The first-order chi connectivity index (χ1) is 11.2. The number of thiazole rings is 1. The molecule has 1 aliphatic rings. The third kappa shape index (κ3) is 2.96. The number of amides is 1. The van der Waals surface area contributed by atoms with Gasteiger partial charge in [-0.15, -0.1) is 16.3 Å². The van der Waals surface area contributed by atoms with Gasteiger partial charge in [0, 0.05) is 36.8 Å². The maximum atomic E-state index is 11.8. The van der Waals surface area contributed by atoms with Gasteiger partial charge in [0.1, 0.15) is 0 Å². The van der Waals surface area contributed by atoms with E-state index in [-0.39, 0.29) is 0 Å². The molecule has 2 aromatic heterocycles. The fourth-order valence-corrected chi connectivity index (χ4v) is 3.98. The minimum absolute atomic E-state index is 0.318. The van der Waals surface area contributed by atoms with Gasteiger partial charge in [-0.3, -0.25) is 4.68 Å². The van der Waals surface area contributed by atoms with Crippen molar-refractivity contribution in [2.45, 2.75) is 26.3 Å². The molecule has 7 nitrogen and oxygen atoms in total. The van der Waals surface area contributed by atoms with Crippen LogP contribution < -0.4 is 4.80 Å². The van der Waals surface area contributed by atoms with Gasteiger partial charge in [-0.05, 0) is 19.8 Å². The number of ether oxygens (including phenoxy) is 2. The molecule has 0 radical (unpaired) electrons. The average molecular weight is 336 g/mol. The number of aromatic nitrogens is 3. The van der Waals surface area contributed by atoms with Crippen LogP contribution in [-0.2, 0) is 35.9 Å². The molecule has 1 aliphatic carbocycles. The highest BCUT2D eigenvalue weighted by Gasteiger charge is 2.25. The van der Waals surface area contributed by atoms with Crippen molar-refractivity contribution in [2.24, 2.45) is 12.0 Å². The van der Waals surface area contributed by atoms with Crippen molar-refractivity contribution in [1.82, 2.24) is 14.3 Å². The van der Waals surface area contributed by atoms with Crippen LogP contribution in [0.25, 0.3) is 11.3 Å². The van der Waals surface area contributed by atoms with Crippen LogP contribution in [0.15, 0.2) is 11.2 Å². The molecule has 0 bridgehead atoms. The highest BCUT2D eigenvalue weighted by atomic mass is 32.1. The molecule has 0 aliphatic heterocycles. The SMILES string of the molecule is CCOC(=O)/N=c1/sc2c(n1CCOC)-c1cnn(C)c1CC2. The van der Waals surface area contributed by atoms with Gasteiger partial charge in [0.15, 0.2) is 4.80 Å². The normalized spacial score (nSPS) is 13.8. The quantitative estimate of drug-likeness (QED) is 0.853. The Kier molecular flexibility index (Phi) is 4.63. The number of hydrogen-bond acceptors (Lipinski definition) is 5. The van der Waals surface area contributed by atoms with Gasteiger partial charge >= 0.3 is 6.09 Å². The summed E-state index contributed by atoms with van der Waals surface area (Å²) in [5.41, 5.74) is 3.43. The molecule has 23 heavy (non-hydrogen) atoms. The average Bonchev–Trinajstić information content (AvgIpc) is 3.06. The first-order valence-electron chi connectivity index (χ1n) is 7.59. The van der Waals surface area contributed by atoms with E-state index in [2.05, 4.69) is 10.1 Å². The molecule has 0 unspecified atom stereocenters. The topological polar surface area (TPSA) is 70.6 Å². The van der Waals surface area contributed by atoms with Gasteiger partial charge in [-0.1, -0.05) is 0 Å². The van der Waals surface area contributed by atoms with E-state index in [9.17, 15) is 4.79 Å². The molecule has 0 atom stereocenters. The number of methoxy groups -OCH3 is 1. The molecule has 0 saturated carbocycles. The van der Waals surface area contributed by atoms with Crippen molar-refractivity contribution in [2.75, 3.05) is 20.3 Å². The first kappa shape index (κ1) is 15.9. The molecule has 8 heteroatoms. The predicted molar refractivity (Wildman–Crippen MR) is 86.4 cm³/mol. The molecule has 2 aromatic rings. The smallest absolute Gasteiger partial charge is 0.436 e. The molecule has 0 N–H and O–H groups in total. The molecular formula is C15H20N4O3S. The lowest BCUT2D eigenvalue weighted by molar-refractivity contribution is 0.162. The second-order valence-corrected chi connectivity index (χ2v) is 6.30. The number of aryl methyl sites for hydroxylation is 2. The highest BCUT2D eigenvalue weighted by Crippen LogP contribution is 2.34. The number of carbonyl (C=O) groups is 1. The Labute approximate surface area is 138 Å². The van der Waals surface area contributed by atoms with Gasteiger partial charge in [0.2, 0.25) is 0 Å². The van der Waals surface area contributed by atoms with E-state index < -0.39 is 6.09 Å². The molecule has 124 valence electrons. The Hall–Kier alpha value is -1.93. The van der Waals surface area contributed by atoms with Crippen molar-refractivity contribution >= 4 is 17.4 Å². The number of fused-ring (bicyclic) bond motifs is 3. The van der Waals surface area contributed by atoms with E-state index in [4.69, 9.17) is 9.47 Å². The maximum Gasteiger partial charge on any atom is 0.436 e. The van der Waals surface area contributed by atoms with E-state index in [1.807, 2.05) is 22.5 Å². The Bertz CT molecular complexity index is 787. The van der Waals surface area contributed by atoms with Gasteiger partial charge in [0.05, 0.1) is 25.1 Å². The van der Waals surface area contributed by atoms with E-state index >= 15 is 0 Å². The fraction of sp³-hybridized carbons (Fsp3) is 0.533. The summed E-state index contributed by atoms with van der Waals surface area (Å²) < 4.78 is 14.1. The van der Waals surface area contributed by atoms with E-state index in [0.717, 1.165) is 24.1 Å². The summed E-state index contributed by atoms with van der Waals surface area (Å²) in [5.74, 6) is 0. The predicted octanol–water partition coefficient (Wildman–Crippen LogP) is 1.75. The zero-order valence-corrected chi connectivity index (χ0v) is 14.4. The van der Waals surface area contributed by atoms with Gasteiger partial charge in [0.25, 0.3) is 0 Å². The van der Waals surface area contributed by atoms with Gasteiger partial charge in [-0.2, -0.15) is 5.10 Å². The highest BCUT2D eigenvalue weighted by molar-refractivity contribution is 7.09. The van der Waals surface area contributed by atoms with Crippen LogP contribution in [0.1, 0.15) is 17.5 Å². The lowest BCUT2D eigenvalue weighted by Gasteiger charge is -2.15. The Morgan fingerprint density at radius 3 is 3.04 bits per heavy atom. The maximum absolute atomic E-state index is 11.8. The second kappa shape index (κ2) is 6.67. The van der Waals surface area contributed by atoms with Gasteiger partial charge in [-0.25, -0.2) is 4.79 Å². The number of carbonyl (C=O) groups excluding carboxylic acids is 1. The van der Waals surface area contributed by atoms with Crippen molar-refractivity contribution in [1.29, 1.82) is 0 Å². The lowest BCUT2D eigenvalue weighted by atomic mass is 10.00. The van der Waals surface area contributed by atoms with Crippen LogP contribution in [0.4, 0.5) is 4.79 Å². The van der Waals surface area contributed by atoms with Gasteiger partial charge < -0.3 is 14.0 Å².